The van der Waals surface area contributed by atoms with Gasteiger partial charge < -0.3 is 4.90 Å². The number of anilines is 1. The van der Waals surface area contributed by atoms with Crippen molar-refractivity contribution in [2.24, 2.45) is 11.0 Å². The van der Waals surface area contributed by atoms with Gasteiger partial charge in [-0.05, 0) is 36.1 Å². The number of amidine groups is 1. The Bertz CT molecular complexity index is 1170. The van der Waals surface area contributed by atoms with Crippen LogP contribution in [-0.2, 0) is 5.92 Å². The fourth-order valence-electron chi connectivity index (χ4n) is 4.46. The molecule has 0 radical (unpaired) electrons. The van der Waals surface area contributed by atoms with Crippen molar-refractivity contribution >= 4 is 22.6 Å². The van der Waals surface area contributed by atoms with E-state index < -0.39 is 5.92 Å². The summed E-state index contributed by atoms with van der Waals surface area (Å²) in [4.78, 5) is 11.4. The van der Waals surface area contributed by atoms with Crippen LogP contribution in [0.3, 0.4) is 0 Å². The Balaban J connectivity index is 1.57. The lowest BCUT2D eigenvalue weighted by atomic mass is 9.95. The molecule has 0 amide bonds. The van der Waals surface area contributed by atoms with Crippen molar-refractivity contribution in [3.8, 4) is 11.1 Å². The first-order valence-electron chi connectivity index (χ1n) is 10.7. The molecule has 2 N–H and O–H groups in total. The molecule has 0 spiro atoms. The van der Waals surface area contributed by atoms with Crippen molar-refractivity contribution in [2.75, 3.05) is 25.0 Å². The topological polar surface area (TPSA) is 68.7 Å². The van der Waals surface area contributed by atoms with Gasteiger partial charge in [0.15, 0.2) is 0 Å². The van der Waals surface area contributed by atoms with Gasteiger partial charge in [-0.15, -0.1) is 10.2 Å². The molecule has 3 aromatic rings. The zero-order valence-electron chi connectivity index (χ0n) is 18.0. The van der Waals surface area contributed by atoms with Crippen LogP contribution in [0.5, 0.6) is 0 Å². The van der Waals surface area contributed by atoms with Gasteiger partial charge >= 0.3 is 0 Å². The molecule has 1 atom stereocenters. The Morgan fingerprint density at radius 3 is 2.75 bits per heavy atom. The number of fused-ring (bicyclic) bond motifs is 1. The standard InChI is InChI=1S/C23H25F2N7/c1-23(24,25)17-8-3-6-15(12-17)18-9-4-10-19-20(18)22(27-14-26-19)32-11-5-7-16(13-32)21-28-30-31(2)29-21/h3-4,6,8-10,12,14,16,30H,5,7,11,13H2,1-2H3,(H,28,29). The number of hydrogen-bond donors (Lipinski definition) is 2. The van der Waals surface area contributed by atoms with E-state index in [1.165, 1.54) is 6.07 Å². The third-order valence-electron chi connectivity index (χ3n) is 6.03. The van der Waals surface area contributed by atoms with Gasteiger partial charge in [0, 0.05) is 38.5 Å². The number of aromatic nitrogens is 2. The highest BCUT2D eigenvalue weighted by Gasteiger charge is 2.29. The second kappa shape index (κ2) is 7.98. The number of hydrazone groups is 1. The van der Waals surface area contributed by atoms with Crippen LogP contribution in [0.25, 0.3) is 22.0 Å². The fraction of sp³-hybridized carbons (Fsp3) is 0.348. The first kappa shape index (κ1) is 20.6. The maximum atomic E-state index is 14.0. The molecule has 1 saturated heterocycles. The Morgan fingerprint density at radius 1 is 1.12 bits per heavy atom. The van der Waals surface area contributed by atoms with E-state index in [0.29, 0.717) is 0 Å². The van der Waals surface area contributed by atoms with Gasteiger partial charge in [0.25, 0.3) is 5.92 Å². The maximum Gasteiger partial charge on any atom is 0.270 e. The molecule has 2 aliphatic rings. The maximum absolute atomic E-state index is 14.0. The Labute approximate surface area is 185 Å². The molecular weight excluding hydrogens is 412 g/mol. The third-order valence-corrected chi connectivity index (χ3v) is 6.03. The second-order valence-electron chi connectivity index (χ2n) is 8.42. The van der Waals surface area contributed by atoms with Gasteiger partial charge in [0.2, 0.25) is 0 Å². The van der Waals surface area contributed by atoms with E-state index in [1.807, 2.05) is 31.3 Å². The zero-order valence-corrected chi connectivity index (χ0v) is 18.0. The molecule has 0 aliphatic carbocycles. The lowest BCUT2D eigenvalue weighted by molar-refractivity contribution is 0.0175. The van der Waals surface area contributed by atoms with Gasteiger partial charge in [-0.1, -0.05) is 30.3 Å². The molecule has 9 heteroatoms. The normalized spacial score (nSPS) is 19.6. The van der Waals surface area contributed by atoms with Gasteiger partial charge in [-0.25, -0.2) is 24.3 Å². The van der Waals surface area contributed by atoms with E-state index in [0.717, 1.165) is 66.5 Å². The largest absolute Gasteiger partial charge is 0.355 e. The van der Waals surface area contributed by atoms with Gasteiger partial charge in [-0.3, -0.25) is 5.43 Å². The Morgan fingerprint density at radius 2 is 1.97 bits per heavy atom. The number of nitrogens with zero attached hydrogens (tertiary/aromatic N) is 5. The van der Waals surface area contributed by atoms with E-state index in [2.05, 4.69) is 30.9 Å². The number of hydrogen-bond acceptors (Lipinski definition) is 7. The summed E-state index contributed by atoms with van der Waals surface area (Å²) in [7, 11) is 1.87. The number of piperidine rings is 1. The van der Waals surface area contributed by atoms with Crippen LogP contribution in [-0.4, -0.2) is 41.1 Å². The first-order chi connectivity index (χ1) is 15.4. The van der Waals surface area contributed by atoms with E-state index in [-0.39, 0.29) is 11.5 Å². The fourth-order valence-corrected chi connectivity index (χ4v) is 4.46. The molecule has 32 heavy (non-hydrogen) atoms. The number of alkyl halides is 2. The van der Waals surface area contributed by atoms with Crippen molar-refractivity contribution < 1.29 is 8.78 Å². The second-order valence-corrected chi connectivity index (χ2v) is 8.42. The first-order valence-corrected chi connectivity index (χ1v) is 10.7. The minimum atomic E-state index is -2.91. The zero-order chi connectivity index (χ0) is 22.3. The summed E-state index contributed by atoms with van der Waals surface area (Å²) in [5, 5.41) is 6.98. The van der Waals surface area contributed by atoms with Crippen LogP contribution in [0.15, 0.2) is 53.9 Å². The monoisotopic (exact) mass is 437 g/mol. The predicted octanol–water partition coefficient (Wildman–Crippen LogP) is 3.89. The summed E-state index contributed by atoms with van der Waals surface area (Å²) >= 11 is 0. The average Bonchev–Trinajstić information content (AvgIpc) is 3.24. The Hall–Kier alpha value is -3.33. The number of rotatable bonds is 4. The molecule has 166 valence electrons. The van der Waals surface area contributed by atoms with Crippen molar-refractivity contribution in [3.63, 3.8) is 0 Å². The van der Waals surface area contributed by atoms with Gasteiger partial charge in [0.1, 0.15) is 18.0 Å². The molecular formula is C23H25F2N7. The molecule has 7 nitrogen and oxygen atoms in total. The third kappa shape index (κ3) is 3.84. The highest BCUT2D eigenvalue weighted by Crippen LogP contribution is 2.37. The molecule has 2 aliphatic heterocycles. The van der Waals surface area contributed by atoms with Crippen LogP contribution in [0.4, 0.5) is 14.6 Å². The van der Waals surface area contributed by atoms with Crippen LogP contribution >= 0.6 is 0 Å². The molecule has 1 aromatic heterocycles. The number of benzene rings is 2. The highest BCUT2D eigenvalue weighted by molar-refractivity contribution is 6.02. The van der Waals surface area contributed by atoms with Gasteiger partial charge in [-0.2, -0.15) is 0 Å². The van der Waals surface area contributed by atoms with Crippen molar-refractivity contribution in [2.45, 2.75) is 25.7 Å². The summed E-state index contributed by atoms with van der Waals surface area (Å²) in [6.45, 7) is 2.54. The number of hydrazine groups is 2. The van der Waals surface area contributed by atoms with Crippen LogP contribution in [0.2, 0.25) is 0 Å². The molecule has 5 rings (SSSR count). The molecule has 3 heterocycles. The van der Waals surface area contributed by atoms with E-state index in [4.69, 9.17) is 0 Å². The molecule has 1 unspecified atom stereocenters. The SMILES string of the molecule is CN1NN=C(C2CCCN(c3ncnc4cccc(-c5cccc(C(C)(F)F)c5)c34)C2)N1. The minimum Gasteiger partial charge on any atom is -0.355 e. The van der Waals surface area contributed by atoms with Crippen molar-refractivity contribution in [1.82, 2.24) is 26.0 Å². The van der Waals surface area contributed by atoms with E-state index >= 15 is 0 Å². The number of nitrogens with one attached hydrogen (secondary N) is 2. The summed E-state index contributed by atoms with van der Waals surface area (Å²) in [6, 6.07) is 12.3. The summed E-state index contributed by atoms with van der Waals surface area (Å²) in [6.07, 6.45) is 3.60. The average molecular weight is 437 g/mol. The summed E-state index contributed by atoms with van der Waals surface area (Å²) in [5.41, 5.74) is 8.50. The van der Waals surface area contributed by atoms with E-state index in [1.54, 1.807) is 23.6 Å². The number of halogens is 2. The van der Waals surface area contributed by atoms with Crippen molar-refractivity contribution in [1.29, 1.82) is 0 Å². The lowest BCUT2D eigenvalue weighted by Gasteiger charge is -2.34. The quantitative estimate of drug-likeness (QED) is 0.646. The van der Waals surface area contributed by atoms with Crippen LogP contribution in [0, 0.1) is 5.92 Å². The smallest absolute Gasteiger partial charge is 0.270 e. The molecule has 2 aromatic carbocycles. The van der Waals surface area contributed by atoms with E-state index in [9.17, 15) is 8.78 Å². The highest BCUT2D eigenvalue weighted by atomic mass is 19.3. The van der Waals surface area contributed by atoms with Crippen LogP contribution in [0.1, 0.15) is 25.3 Å². The molecule has 1 fully saturated rings. The molecule has 0 bridgehead atoms. The van der Waals surface area contributed by atoms with Gasteiger partial charge in [0.05, 0.1) is 10.9 Å². The molecule has 0 saturated carbocycles. The van der Waals surface area contributed by atoms with Crippen LogP contribution < -0.4 is 15.9 Å². The predicted molar refractivity (Wildman–Crippen MR) is 121 cm³/mol. The Kier molecular flexibility index (Phi) is 5.13. The summed E-state index contributed by atoms with van der Waals surface area (Å²) in [5.74, 6) is -0.936. The summed E-state index contributed by atoms with van der Waals surface area (Å²) < 4.78 is 28.0. The lowest BCUT2D eigenvalue weighted by Crippen LogP contribution is -2.45. The minimum absolute atomic E-state index is 0.00891. The van der Waals surface area contributed by atoms with Crippen molar-refractivity contribution in [3.05, 3.63) is 54.4 Å².